The fraction of sp³-hybridized carbons (Fsp3) is 0.368. The van der Waals surface area contributed by atoms with Gasteiger partial charge in [0.15, 0.2) is 0 Å². The maximum absolute atomic E-state index is 6.17. The molecule has 0 unspecified atom stereocenters. The van der Waals surface area contributed by atoms with Gasteiger partial charge in [0.2, 0.25) is 0 Å². The van der Waals surface area contributed by atoms with Crippen LogP contribution in [0.5, 0.6) is 5.75 Å². The molecule has 1 saturated heterocycles. The van der Waals surface area contributed by atoms with Crippen LogP contribution in [0.3, 0.4) is 0 Å². The van der Waals surface area contributed by atoms with Crippen LogP contribution in [0, 0.1) is 0 Å². The van der Waals surface area contributed by atoms with Gasteiger partial charge in [0, 0.05) is 0 Å². The second-order valence-corrected chi connectivity index (χ2v) is 6.89. The lowest BCUT2D eigenvalue weighted by molar-refractivity contribution is 0.00578. The van der Waals surface area contributed by atoms with Crippen LogP contribution in [-0.4, -0.2) is 18.3 Å². The predicted octanol–water partition coefficient (Wildman–Crippen LogP) is 3.56. The van der Waals surface area contributed by atoms with E-state index >= 15 is 0 Å². The van der Waals surface area contributed by atoms with Crippen LogP contribution in [0.1, 0.15) is 33.3 Å². The van der Waals surface area contributed by atoms with E-state index in [9.17, 15) is 0 Å². The maximum Gasteiger partial charge on any atom is 0.495 e. The summed E-state index contributed by atoms with van der Waals surface area (Å²) in [7, 11) is -0.365. The summed E-state index contributed by atoms with van der Waals surface area (Å²) in [5.41, 5.74) is 1.42. The van der Waals surface area contributed by atoms with Crippen molar-refractivity contribution in [3.05, 3.63) is 60.2 Å². The average Bonchev–Trinajstić information content (AvgIpc) is 2.75. The Morgan fingerprint density at radius 1 is 0.826 bits per heavy atom. The third-order valence-corrected chi connectivity index (χ3v) is 4.70. The Bertz CT molecular complexity index is 651. The van der Waals surface area contributed by atoms with Crippen LogP contribution in [0.2, 0.25) is 0 Å². The summed E-state index contributed by atoms with van der Waals surface area (Å²) < 4.78 is 18.2. The molecule has 0 aromatic heterocycles. The van der Waals surface area contributed by atoms with Gasteiger partial charge in [-0.05, 0) is 50.9 Å². The van der Waals surface area contributed by atoms with E-state index in [1.165, 1.54) is 0 Å². The summed E-state index contributed by atoms with van der Waals surface area (Å²) in [6.45, 7) is 8.75. The van der Waals surface area contributed by atoms with E-state index in [0.29, 0.717) is 6.61 Å². The van der Waals surface area contributed by atoms with Gasteiger partial charge in [-0.25, -0.2) is 0 Å². The Morgan fingerprint density at radius 3 is 2.04 bits per heavy atom. The standard InChI is InChI=1S/C19H23BO3/c1-18(2)19(3,4)23-20(22-18)17-13-9-8-10-15(17)14-21-16-11-6-5-7-12-16/h5-13H,14H2,1-4H3. The molecule has 0 aliphatic carbocycles. The molecule has 0 radical (unpaired) electrons. The van der Waals surface area contributed by atoms with E-state index in [2.05, 4.69) is 33.8 Å². The third kappa shape index (κ3) is 3.28. The van der Waals surface area contributed by atoms with Crippen molar-refractivity contribution >= 4 is 12.6 Å². The maximum atomic E-state index is 6.17. The van der Waals surface area contributed by atoms with Crippen LogP contribution < -0.4 is 10.2 Å². The minimum atomic E-state index is -0.365. The molecule has 3 nitrogen and oxygen atoms in total. The van der Waals surface area contributed by atoms with Crippen molar-refractivity contribution in [1.29, 1.82) is 0 Å². The highest BCUT2D eigenvalue weighted by Crippen LogP contribution is 2.36. The summed E-state index contributed by atoms with van der Waals surface area (Å²) in [5, 5.41) is 0. The van der Waals surface area contributed by atoms with Gasteiger partial charge in [0.05, 0.1) is 11.2 Å². The molecule has 4 heteroatoms. The monoisotopic (exact) mass is 310 g/mol. The van der Waals surface area contributed by atoms with Crippen LogP contribution in [-0.2, 0) is 15.9 Å². The molecular formula is C19H23BO3. The molecule has 23 heavy (non-hydrogen) atoms. The molecule has 120 valence electrons. The molecule has 2 aromatic carbocycles. The molecule has 3 rings (SSSR count). The average molecular weight is 310 g/mol. The minimum Gasteiger partial charge on any atom is -0.489 e. The van der Waals surface area contributed by atoms with E-state index < -0.39 is 0 Å². The molecular weight excluding hydrogens is 287 g/mol. The van der Waals surface area contributed by atoms with Gasteiger partial charge in [-0.3, -0.25) is 0 Å². The molecule has 0 amide bonds. The fourth-order valence-corrected chi connectivity index (χ4v) is 2.54. The van der Waals surface area contributed by atoms with Crippen LogP contribution in [0.25, 0.3) is 0 Å². The second-order valence-electron chi connectivity index (χ2n) is 6.89. The first-order chi connectivity index (χ1) is 10.9. The number of ether oxygens (including phenoxy) is 1. The van der Waals surface area contributed by atoms with E-state index in [-0.39, 0.29) is 18.3 Å². The van der Waals surface area contributed by atoms with Crippen LogP contribution >= 0.6 is 0 Å². The van der Waals surface area contributed by atoms with E-state index in [1.54, 1.807) is 0 Å². The minimum absolute atomic E-state index is 0.342. The summed E-state index contributed by atoms with van der Waals surface area (Å²) in [4.78, 5) is 0. The second kappa shape index (κ2) is 6.02. The molecule has 1 aliphatic heterocycles. The highest BCUT2D eigenvalue weighted by molar-refractivity contribution is 6.62. The number of hydrogen-bond acceptors (Lipinski definition) is 3. The lowest BCUT2D eigenvalue weighted by atomic mass is 9.76. The number of rotatable bonds is 4. The van der Waals surface area contributed by atoms with Crippen LogP contribution in [0.4, 0.5) is 0 Å². The number of para-hydroxylation sites is 1. The highest BCUT2D eigenvalue weighted by atomic mass is 16.7. The Balaban J connectivity index is 1.79. The highest BCUT2D eigenvalue weighted by Gasteiger charge is 2.52. The molecule has 2 aromatic rings. The SMILES string of the molecule is CC1(C)OB(c2ccccc2COc2ccccc2)OC1(C)C. The van der Waals surface area contributed by atoms with Crippen molar-refractivity contribution in [2.24, 2.45) is 0 Å². The zero-order chi connectivity index (χ0) is 16.5. The van der Waals surface area contributed by atoms with Crippen molar-refractivity contribution in [1.82, 2.24) is 0 Å². The van der Waals surface area contributed by atoms with Gasteiger partial charge in [-0.1, -0.05) is 42.5 Å². The normalized spacial score (nSPS) is 18.9. The lowest BCUT2D eigenvalue weighted by Crippen LogP contribution is -2.41. The quantitative estimate of drug-likeness (QED) is 0.808. The lowest BCUT2D eigenvalue weighted by Gasteiger charge is -2.32. The Kier molecular flexibility index (Phi) is 4.22. The first-order valence-electron chi connectivity index (χ1n) is 8.00. The van der Waals surface area contributed by atoms with Crippen molar-refractivity contribution < 1.29 is 14.0 Å². The van der Waals surface area contributed by atoms with Gasteiger partial charge < -0.3 is 14.0 Å². The molecule has 0 atom stereocenters. The van der Waals surface area contributed by atoms with Gasteiger partial charge >= 0.3 is 7.12 Å². The Morgan fingerprint density at radius 2 is 1.39 bits per heavy atom. The zero-order valence-corrected chi connectivity index (χ0v) is 14.2. The molecule has 0 N–H and O–H groups in total. The summed E-state index contributed by atoms with van der Waals surface area (Å²) >= 11 is 0. The summed E-state index contributed by atoms with van der Waals surface area (Å²) in [5.74, 6) is 0.858. The number of hydrogen-bond donors (Lipinski definition) is 0. The van der Waals surface area contributed by atoms with Gasteiger partial charge in [0.1, 0.15) is 12.4 Å². The van der Waals surface area contributed by atoms with Gasteiger partial charge in [-0.2, -0.15) is 0 Å². The third-order valence-electron chi connectivity index (χ3n) is 4.70. The molecule has 1 aliphatic rings. The van der Waals surface area contributed by atoms with Crippen molar-refractivity contribution in [3.8, 4) is 5.75 Å². The number of benzene rings is 2. The molecule has 1 heterocycles. The zero-order valence-electron chi connectivity index (χ0n) is 14.2. The van der Waals surface area contributed by atoms with Crippen molar-refractivity contribution in [2.45, 2.75) is 45.5 Å². The molecule has 0 bridgehead atoms. The van der Waals surface area contributed by atoms with Crippen molar-refractivity contribution in [2.75, 3.05) is 0 Å². The van der Waals surface area contributed by atoms with Crippen LogP contribution in [0.15, 0.2) is 54.6 Å². The van der Waals surface area contributed by atoms with Gasteiger partial charge in [0.25, 0.3) is 0 Å². The predicted molar refractivity (Wildman–Crippen MR) is 92.9 cm³/mol. The smallest absolute Gasteiger partial charge is 0.489 e. The molecule has 1 fully saturated rings. The van der Waals surface area contributed by atoms with E-state index in [4.69, 9.17) is 14.0 Å². The Hall–Kier alpha value is -1.78. The topological polar surface area (TPSA) is 27.7 Å². The first-order valence-corrected chi connectivity index (χ1v) is 8.00. The first kappa shape index (κ1) is 16.1. The summed E-state index contributed by atoms with van der Waals surface area (Å²) in [6, 6.07) is 17.9. The molecule has 0 saturated carbocycles. The summed E-state index contributed by atoms with van der Waals surface area (Å²) in [6.07, 6.45) is 0. The fourth-order valence-electron chi connectivity index (χ4n) is 2.54. The Labute approximate surface area is 138 Å². The largest absolute Gasteiger partial charge is 0.495 e. The molecule has 0 spiro atoms. The van der Waals surface area contributed by atoms with Gasteiger partial charge in [-0.15, -0.1) is 0 Å². The van der Waals surface area contributed by atoms with Crippen molar-refractivity contribution in [3.63, 3.8) is 0 Å². The van der Waals surface area contributed by atoms with E-state index in [0.717, 1.165) is 16.8 Å². The van der Waals surface area contributed by atoms with E-state index in [1.807, 2.05) is 48.5 Å².